The number of aliphatic hydroxyl groups excluding tert-OH is 2. The van der Waals surface area contributed by atoms with Crippen molar-refractivity contribution < 1.29 is 36.2 Å². The number of aliphatic hydroxyl groups is 2. The Bertz CT molecular complexity index is 653. The summed E-state index contributed by atoms with van der Waals surface area (Å²) in [6.07, 6.45) is 17.5. The van der Waals surface area contributed by atoms with E-state index >= 15 is 0 Å². The molecule has 0 aromatic carbocycles. The Morgan fingerprint density at radius 1 is 0.564 bits per heavy atom. The van der Waals surface area contributed by atoms with Crippen LogP contribution in [0.3, 0.4) is 0 Å². The average molecular weight is 629 g/mol. The Morgan fingerprint density at radius 3 is 1.13 bits per heavy atom. The van der Waals surface area contributed by atoms with Gasteiger partial charge in [-0.05, 0) is 12.8 Å². The van der Waals surface area contributed by atoms with E-state index in [1.807, 2.05) is 0 Å². The Hall–Kier alpha value is 0.920. The van der Waals surface area contributed by atoms with Crippen LogP contribution in [0.25, 0.3) is 0 Å². The molecule has 0 aromatic rings. The van der Waals surface area contributed by atoms with Crippen LogP contribution in [0.4, 0.5) is 0 Å². The molecule has 4 N–H and O–H groups in total. The molecule has 0 aliphatic heterocycles. The summed E-state index contributed by atoms with van der Waals surface area (Å²) in [6, 6.07) is 0. The van der Waals surface area contributed by atoms with E-state index in [0.29, 0.717) is 13.1 Å². The largest absolute Gasteiger partial charge is 2.00 e. The van der Waals surface area contributed by atoms with Crippen molar-refractivity contribution in [2.24, 2.45) is 0 Å². The molecule has 13 heteroatoms. The van der Waals surface area contributed by atoms with Gasteiger partial charge in [0.05, 0.1) is 43.9 Å². The molecule has 0 saturated carbocycles. The minimum absolute atomic E-state index is 0. The molecule has 0 spiro atoms. The van der Waals surface area contributed by atoms with E-state index in [9.17, 15) is 36.2 Å². The van der Waals surface area contributed by atoms with E-state index in [-0.39, 0.29) is 50.8 Å². The molecular formula is C26H56CaN2O8S2. The molecule has 0 aliphatic rings. The van der Waals surface area contributed by atoms with Gasteiger partial charge >= 0.3 is 37.7 Å². The molecule has 0 aliphatic carbocycles. The minimum atomic E-state index is -4.15. The molecule has 2 atom stereocenters. The second-order valence-corrected chi connectivity index (χ2v) is 13.1. The van der Waals surface area contributed by atoms with Crippen LogP contribution in [0, 0.1) is 0 Å². The first kappa shape index (κ1) is 44.4. The van der Waals surface area contributed by atoms with E-state index in [2.05, 4.69) is 24.5 Å². The fourth-order valence-corrected chi connectivity index (χ4v) is 4.60. The van der Waals surface area contributed by atoms with E-state index in [4.69, 9.17) is 0 Å². The van der Waals surface area contributed by atoms with Crippen LogP contribution >= 0.6 is 0 Å². The molecule has 0 heterocycles. The van der Waals surface area contributed by atoms with Crippen LogP contribution < -0.4 is 10.6 Å². The van der Waals surface area contributed by atoms with E-state index < -0.39 is 43.9 Å². The standard InChI is InChI=1S/2C13H29NO4S.Ca/c2*1-2-3-4-5-6-7-8-9-13(15)12-14-10-11-19(16,17)18;/h2*13-15H,2-12H2,1H3,(H,16,17,18);/q;;+2/p-2. The average Bonchev–Trinajstić information content (AvgIpc) is 2.83. The zero-order valence-electron chi connectivity index (χ0n) is 24.6. The molecule has 0 amide bonds. The second kappa shape index (κ2) is 30.4. The van der Waals surface area contributed by atoms with Crippen molar-refractivity contribution >= 4 is 58.0 Å². The maximum atomic E-state index is 10.3. The van der Waals surface area contributed by atoms with Gasteiger partial charge in [-0.3, -0.25) is 0 Å². The van der Waals surface area contributed by atoms with Crippen molar-refractivity contribution in [1.29, 1.82) is 0 Å². The monoisotopic (exact) mass is 628 g/mol. The van der Waals surface area contributed by atoms with Crippen LogP contribution in [0.1, 0.15) is 117 Å². The normalized spacial score (nSPS) is 13.3. The zero-order chi connectivity index (χ0) is 29.1. The maximum Gasteiger partial charge on any atom is 2.00 e. The SMILES string of the molecule is CCCCCCCCCC(O)CNCCS(=O)(=O)[O-].CCCCCCCCCC(O)CNCCS(=O)(=O)[O-].[Ca+2]. The summed E-state index contributed by atoms with van der Waals surface area (Å²) < 4.78 is 62.0. The summed E-state index contributed by atoms with van der Waals surface area (Å²) in [5, 5.41) is 24.8. The van der Waals surface area contributed by atoms with Gasteiger partial charge in [-0.1, -0.05) is 104 Å². The Morgan fingerprint density at radius 2 is 0.846 bits per heavy atom. The number of nitrogens with one attached hydrogen (secondary N) is 2. The molecule has 0 saturated heterocycles. The van der Waals surface area contributed by atoms with Crippen molar-refractivity contribution in [3.05, 3.63) is 0 Å². The summed E-state index contributed by atoms with van der Waals surface area (Å²) in [4.78, 5) is 0. The quantitative estimate of drug-likeness (QED) is 0.0632. The van der Waals surface area contributed by atoms with Crippen molar-refractivity contribution in [3.63, 3.8) is 0 Å². The van der Waals surface area contributed by atoms with Gasteiger partial charge < -0.3 is 30.0 Å². The fraction of sp³-hybridized carbons (Fsp3) is 1.00. The van der Waals surface area contributed by atoms with Crippen molar-refractivity contribution in [3.8, 4) is 0 Å². The van der Waals surface area contributed by atoms with Gasteiger partial charge in [0.1, 0.15) is 0 Å². The van der Waals surface area contributed by atoms with Crippen LogP contribution in [0.2, 0.25) is 0 Å². The molecule has 232 valence electrons. The van der Waals surface area contributed by atoms with Crippen LogP contribution in [0.15, 0.2) is 0 Å². The van der Waals surface area contributed by atoms with Gasteiger partial charge in [0, 0.05) is 26.2 Å². The first-order chi connectivity index (χ1) is 17.9. The van der Waals surface area contributed by atoms with Gasteiger partial charge in [-0.15, -0.1) is 0 Å². The third-order valence-corrected chi connectivity index (χ3v) is 7.51. The summed E-state index contributed by atoms with van der Waals surface area (Å²) >= 11 is 0. The molecular weight excluding hydrogens is 573 g/mol. The van der Waals surface area contributed by atoms with Crippen LogP contribution in [0.5, 0.6) is 0 Å². The summed E-state index contributed by atoms with van der Waals surface area (Å²) in [7, 11) is -8.30. The zero-order valence-corrected chi connectivity index (χ0v) is 28.4. The molecule has 2 unspecified atom stereocenters. The number of hydrogen-bond donors (Lipinski definition) is 4. The number of unbranched alkanes of at least 4 members (excludes halogenated alkanes) is 12. The van der Waals surface area contributed by atoms with Crippen molar-refractivity contribution in [2.75, 3.05) is 37.7 Å². The molecule has 0 radical (unpaired) electrons. The Labute approximate surface area is 269 Å². The summed E-state index contributed by atoms with van der Waals surface area (Å²) in [5.41, 5.74) is 0. The fourth-order valence-electron chi connectivity index (χ4n) is 3.81. The number of rotatable bonds is 26. The first-order valence-corrected chi connectivity index (χ1v) is 17.7. The Balaban J connectivity index is -0.000000648. The predicted octanol–water partition coefficient (Wildman–Crippen LogP) is 2.86. The molecule has 0 rings (SSSR count). The van der Waals surface area contributed by atoms with Gasteiger partial charge in [0.2, 0.25) is 0 Å². The summed E-state index contributed by atoms with van der Waals surface area (Å²) in [5.74, 6) is -0.839. The van der Waals surface area contributed by atoms with Gasteiger partial charge in [0.25, 0.3) is 0 Å². The van der Waals surface area contributed by atoms with E-state index in [1.165, 1.54) is 64.2 Å². The van der Waals surface area contributed by atoms with Gasteiger partial charge in [0.15, 0.2) is 0 Å². The molecule has 39 heavy (non-hydrogen) atoms. The van der Waals surface area contributed by atoms with Crippen molar-refractivity contribution in [1.82, 2.24) is 10.6 Å². The molecule has 0 bridgehead atoms. The topological polar surface area (TPSA) is 179 Å². The smallest absolute Gasteiger partial charge is 0.748 e. The van der Waals surface area contributed by atoms with Gasteiger partial charge in [-0.2, -0.15) is 0 Å². The Kier molecular flexibility index (Phi) is 34.6. The third-order valence-electron chi connectivity index (χ3n) is 6.10. The predicted molar refractivity (Wildman–Crippen MR) is 158 cm³/mol. The van der Waals surface area contributed by atoms with Gasteiger partial charge in [-0.25, -0.2) is 16.8 Å². The maximum absolute atomic E-state index is 10.3. The minimum Gasteiger partial charge on any atom is -0.748 e. The molecule has 0 aromatic heterocycles. The first-order valence-electron chi connectivity index (χ1n) is 14.6. The number of hydrogen-bond acceptors (Lipinski definition) is 10. The third kappa shape index (κ3) is 43.5. The second-order valence-electron chi connectivity index (χ2n) is 10.1. The molecule has 0 fully saturated rings. The van der Waals surface area contributed by atoms with E-state index in [0.717, 1.165) is 38.5 Å². The van der Waals surface area contributed by atoms with E-state index in [1.54, 1.807) is 0 Å². The van der Waals surface area contributed by atoms with Crippen LogP contribution in [-0.4, -0.2) is 124 Å². The molecule has 10 nitrogen and oxygen atoms in total. The summed E-state index contributed by atoms with van der Waals surface area (Å²) in [6.45, 7) is 5.32. The van der Waals surface area contributed by atoms with Crippen molar-refractivity contribution in [2.45, 2.75) is 129 Å². The van der Waals surface area contributed by atoms with Crippen LogP contribution in [-0.2, 0) is 20.2 Å².